The van der Waals surface area contributed by atoms with Gasteiger partial charge in [-0.3, -0.25) is 9.59 Å². The van der Waals surface area contributed by atoms with Gasteiger partial charge in [-0.25, -0.2) is 4.39 Å². The number of pyridine rings is 1. The highest BCUT2D eigenvalue weighted by Gasteiger charge is 2.64. The fraction of sp³-hybridized carbons (Fsp3) is 0.485. The van der Waals surface area contributed by atoms with Crippen LogP contribution in [0.25, 0.3) is 10.9 Å². The highest BCUT2D eigenvalue weighted by molar-refractivity contribution is 5.95. The first-order chi connectivity index (χ1) is 20.4. The van der Waals surface area contributed by atoms with Crippen molar-refractivity contribution >= 4 is 22.5 Å². The van der Waals surface area contributed by atoms with Crippen LogP contribution in [0.15, 0.2) is 47.4 Å². The van der Waals surface area contributed by atoms with Gasteiger partial charge in [-0.2, -0.15) is 5.26 Å². The maximum Gasteiger partial charge on any atom is 0.251 e. The van der Waals surface area contributed by atoms with Crippen LogP contribution in [0.5, 0.6) is 5.75 Å². The lowest BCUT2D eigenvalue weighted by atomic mass is 9.49. The van der Waals surface area contributed by atoms with Crippen LogP contribution in [0.2, 0.25) is 0 Å². The maximum absolute atomic E-state index is 15.3. The molecule has 43 heavy (non-hydrogen) atoms. The first-order valence-electron chi connectivity index (χ1n) is 14.6. The summed E-state index contributed by atoms with van der Waals surface area (Å²) in [6, 6.07) is 11.1. The number of rotatable bonds is 8. The number of aromatic nitrogens is 1. The highest BCUT2D eigenvalue weighted by Crippen LogP contribution is 2.56. The number of methoxy groups -OCH3 is 2. The van der Waals surface area contributed by atoms with Gasteiger partial charge in [0.2, 0.25) is 0 Å². The third-order valence-electron chi connectivity index (χ3n) is 9.30. The van der Waals surface area contributed by atoms with Crippen LogP contribution in [0.3, 0.4) is 0 Å². The number of fused-ring (bicyclic) bond motifs is 1. The summed E-state index contributed by atoms with van der Waals surface area (Å²) in [5.41, 5.74) is 0.212. The number of ether oxygens (including phenoxy) is 3. The van der Waals surface area contributed by atoms with Gasteiger partial charge in [0.15, 0.2) is 11.7 Å². The number of hydrogen-bond donors (Lipinski definition) is 2. The minimum Gasteiger partial charge on any atom is -0.488 e. The number of benzene rings is 2. The topological polar surface area (TPSA) is 117 Å². The smallest absolute Gasteiger partial charge is 0.251 e. The van der Waals surface area contributed by atoms with Crippen LogP contribution in [-0.2, 0) is 9.47 Å². The number of nitrogens with zero attached hydrogens (tertiary/aromatic N) is 2. The van der Waals surface area contributed by atoms with E-state index in [1.807, 2.05) is 32.6 Å². The molecule has 0 radical (unpaired) electrons. The Morgan fingerprint density at radius 1 is 1.09 bits per heavy atom. The van der Waals surface area contributed by atoms with Crippen molar-refractivity contribution in [2.24, 2.45) is 16.7 Å². The summed E-state index contributed by atoms with van der Waals surface area (Å²) in [4.78, 5) is 31.1. The van der Waals surface area contributed by atoms with Crippen molar-refractivity contribution in [1.82, 2.24) is 10.3 Å². The number of halogens is 1. The molecule has 1 aliphatic carbocycles. The molecule has 1 aliphatic heterocycles. The van der Waals surface area contributed by atoms with Crippen LogP contribution in [0.1, 0.15) is 56.5 Å². The van der Waals surface area contributed by atoms with Crippen LogP contribution >= 0.6 is 0 Å². The van der Waals surface area contributed by atoms with Gasteiger partial charge < -0.3 is 29.4 Å². The number of hydrogen-bond acceptors (Lipinski definition) is 7. The number of nitrogens with one attached hydrogen (secondary N) is 2. The number of piperidine rings is 1. The quantitative estimate of drug-likeness (QED) is 0.355. The highest BCUT2D eigenvalue weighted by atomic mass is 19.1. The summed E-state index contributed by atoms with van der Waals surface area (Å²) >= 11 is 0. The Balaban J connectivity index is 1.29. The number of amides is 1. The fourth-order valence-corrected chi connectivity index (χ4v) is 7.39. The molecule has 0 unspecified atom stereocenters. The zero-order valence-electron chi connectivity index (χ0n) is 25.5. The van der Waals surface area contributed by atoms with Crippen molar-refractivity contribution in [3.8, 4) is 11.8 Å². The molecular formula is C33H39FN4O5. The third kappa shape index (κ3) is 5.36. The lowest BCUT2D eigenvalue weighted by Gasteiger charge is -2.63. The fourth-order valence-electron chi connectivity index (χ4n) is 7.39. The zero-order chi connectivity index (χ0) is 31.1. The first kappa shape index (κ1) is 30.5. The summed E-state index contributed by atoms with van der Waals surface area (Å²) in [5, 5.41) is 12.9. The molecule has 2 aromatic carbocycles. The van der Waals surface area contributed by atoms with Gasteiger partial charge in [-0.1, -0.05) is 27.7 Å². The van der Waals surface area contributed by atoms with Crippen molar-refractivity contribution in [2.45, 2.75) is 59.0 Å². The Kier molecular flexibility index (Phi) is 8.25. The first-order valence-corrected chi connectivity index (χ1v) is 14.6. The second-order valence-corrected chi connectivity index (χ2v) is 12.7. The van der Waals surface area contributed by atoms with E-state index in [0.29, 0.717) is 41.0 Å². The predicted molar refractivity (Wildman–Crippen MR) is 162 cm³/mol. The number of nitriles is 1. The number of carbonyl (C=O) groups is 1. The average Bonchev–Trinajstić information content (AvgIpc) is 2.99. The molecule has 10 heteroatoms. The van der Waals surface area contributed by atoms with Gasteiger partial charge in [-0.05, 0) is 43.2 Å². The average molecular weight is 591 g/mol. The molecule has 2 heterocycles. The van der Waals surface area contributed by atoms with Gasteiger partial charge in [0, 0.05) is 67.9 Å². The molecule has 1 saturated carbocycles. The van der Waals surface area contributed by atoms with E-state index in [2.05, 4.69) is 16.4 Å². The van der Waals surface area contributed by atoms with Gasteiger partial charge in [0.1, 0.15) is 23.7 Å². The molecular weight excluding hydrogens is 551 g/mol. The second kappa shape index (κ2) is 11.6. The summed E-state index contributed by atoms with van der Waals surface area (Å²) in [6.45, 7) is 9.32. The van der Waals surface area contributed by atoms with Crippen LogP contribution in [0, 0.1) is 33.9 Å². The van der Waals surface area contributed by atoms with E-state index in [9.17, 15) is 14.9 Å². The Morgan fingerprint density at radius 2 is 1.77 bits per heavy atom. The van der Waals surface area contributed by atoms with Crippen molar-refractivity contribution < 1.29 is 23.4 Å². The molecule has 0 spiro atoms. The number of anilines is 1. The van der Waals surface area contributed by atoms with Crippen LogP contribution < -0.4 is 20.4 Å². The molecule has 0 atom stereocenters. The Labute approximate surface area is 250 Å². The third-order valence-corrected chi connectivity index (χ3v) is 9.30. The predicted octanol–water partition coefficient (Wildman–Crippen LogP) is 4.99. The summed E-state index contributed by atoms with van der Waals surface area (Å²) in [5.74, 6) is -0.171. The molecule has 228 valence electrons. The number of H-pyrrole nitrogens is 1. The molecule has 5 rings (SSSR count). The lowest BCUT2D eigenvalue weighted by Crippen LogP contribution is -2.74. The van der Waals surface area contributed by atoms with Gasteiger partial charge in [0.05, 0.1) is 22.2 Å². The normalized spacial score (nSPS) is 21.3. The van der Waals surface area contributed by atoms with E-state index < -0.39 is 16.6 Å². The van der Waals surface area contributed by atoms with Crippen molar-refractivity contribution in [3.05, 3.63) is 69.8 Å². The van der Waals surface area contributed by atoms with Crippen LogP contribution in [0.4, 0.5) is 10.1 Å². The lowest BCUT2D eigenvalue weighted by molar-refractivity contribution is -0.163. The Morgan fingerprint density at radius 3 is 2.37 bits per heavy atom. The van der Waals surface area contributed by atoms with Crippen molar-refractivity contribution in [2.75, 3.05) is 32.2 Å². The van der Waals surface area contributed by atoms with E-state index in [1.54, 1.807) is 38.5 Å². The molecule has 3 aromatic rings. The molecule has 1 saturated heterocycles. The monoisotopic (exact) mass is 590 g/mol. The standard InChI is InChI=1S/C33H39FN4O5/c1-32(2)30(33(3,4)31(32)43-25-10-8-21(18-35)27-26(25)24(39)11-14-36-27)37-28(40)20-7-9-23(22(34)17-20)38-15-12-19(13-16-38)29(41-5)42-6/h7-11,14,17,19,29-31H,12-13,15-16H2,1-6H3,(H,36,39)(H,37,40). The van der Waals surface area contributed by atoms with Gasteiger partial charge in [-0.15, -0.1) is 0 Å². The minimum atomic E-state index is -0.522. The molecule has 9 nitrogen and oxygen atoms in total. The van der Waals surface area contributed by atoms with Crippen molar-refractivity contribution in [1.29, 1.82) is 5.26 Å². The van der Waals surface area contributed by atoms with E-state index in [1.165, 1.54) is 18.3 Å². The zero-order valence-corrected chi connectivity index (χ0v) is 25.5. The van der Waals surface area contributed by atoms with E-state index in [-0.39, 0.29) is 41.3 Å². The molecule has 0 bridgehead atoms. The Hall–Kier alpha value is -3.94. The Bertz CT molecular complexity index is 1600. The number of aromatic amines is 1. The van der Waals surface area contributed by atoms with E-state index in [0.717, 1.165) is 12.8 Å². The van der Waals surface area contributed by atoms with E-state index >= 15 is 4.39 Å². The largest absolute Gasteiger partial charge is 0.488 e. The molecule has 1 amide bonds. The van der Waals surface area contributed by atoms with Gasteiger partial charge >= 0.3 is 0 Å². The second-order valence-electron chi connectivity index (χ2n) is 12.7. The molecule has 1 aromatic heterocycles. The van der Waals surface area contributed by atoms with Gasteiger partial charge in [0.25, 0.3) is 5.91 Å². The summed E-state index contributed by atoms with van der Waals surface area (Å²) in [6.07, 6.45) is 2.51. The molecule has 2 fully saturated rings. The summed E-state index contributed by atoms with van der Waals surface area (Å²) in [7, 11) is 3.25. The maximum atomic E-state index is 15.3. The molecule has 2 N–H and O–H groups in total. The summed E-state index contributed by atoms with van der Waals surface area (Å²) < 4.78 is 32.6. The van der Waals surface area contributed by atoms with Crippen molar-refractivity contribution in [3.63, 3.8) is 0 Å². The number of carbonyl (C=O) groups excluding carboxylic acids is 1. The minimum absolute atomic E-state index is 0.246. The van der Waals surface area contributed by atoms with E-state index in [4.69, 9.17) is 14.2 Å². The molecule has 2 aliphatic rings. The van der Waals surface area contributed by atoms with Crippen LogP contribution in [-0.4, -0.2) is 56.6 Å². The SMILES string of the molecule is COC(OC)C1CCN(c2ccc(C(=O)NC3C(C)(C)C(Oc4ccc(C#N)c5[nH]ccc(=O)c45)C3(C)C)cc2F)CC1.